The van der Waals surface area contributed by atoms with E-state index in [1.54, 1.807) is 34.1 Å². The largest absolute Gasteiger partial charge is 0.490 e. The van der Waals surface area contributed by atoms with Gasteiger partial charge in [0.1, 0.15) is 12.4 Å². The first kappa shape index (κ1) is 28.1. The van der Waals surface area contributed by atoms with Crippen LogP contribution in [0.25, 0.3) is 5.57 Å². The molecule has 2 fully saturated rings. The molecule has 2 aromatic rings. The lowest BCUT2D eigenvalue weighted by Gasteiger charge is -2.34. The zero-order valence-electron chi connectivity index (χ0n) is 22.5. The summed E-state index contributed by atoms with van der Waals surface area (Å²) < 4.78 is 51.5. The Balaban J connectivity index is 1.25. The van der Waals surface area contributed by atoms with Crippen LogP contribution in [0.5, 0.6) is 5.75 Å². The lowest BCUT2D eigenvalue weighted by Crippen LogP contribution is -2.50. The number of rotatable bonds is 6. The summed E-state index contributed by atoms with van der Waals surface area (Å²) in [4.78, 5) is 29.3. The molecule has 3 aliphatic rings. The fraction of sp³-hybridized carbons (Fsp3) is 0.484. The van der Waals surface area contributed by atoms with Crippen molar-refractivity contribution in [3.8, 4) is 5.75 Å². The number of carbonyl (C=O) groups excluding carboxylic acids is 2. The van der Waals surface area contributed by atoms with Gasteiger partial charge < -0.3 is 19.3 Å². The molecule has 0 N–H and O–H groups in total. The van der Waals surface area contributed by atoms with Crippen molar-refractivity contribution < 1.29 is 32.2 Å². The van der Waals surface area contributed by atoms with E-state index >= 15 is 0 Å². The van der Waals surface area contributed by atoms with Crippen molar-refractivity contribution in [1.82, 2.24) is 9.80 Å². The minimum absolute atomic E-state index is 0.0265. The van der Waals surface area contributed by atoms with Crippen LogP contribution in [0.3, 0.4) is 0 Å². The molecule has 2 aliphatic carbocycles. The molecule has 1 unspecified atom stereocenters. The number of nitrogens with zero attached hydrogens (tertiary/aromatic N) is 2. The van der Waals surface area contributed by atoms with E-state index in [1.807, 2.05) is 30.3 Å². The first-order chi connectivity index (χ1) is 19.3. The minimum atomic E-state index is -4.21. The molecule has 0 aromatic heterocycles. The number of carbonyl (C=O) groups is 2. The molecule has 1 saturated heterocycles. The summed E-state index contributed by atoms with van der Waals surface area (Å²) in [6, 6.07) is 14.7. The van der Waals surface area contributed by atoms with Crippen LogP contribution in [0.4, 0.5) is 18.0 Å². The molecule has 2 amide bonds. The van der Waals surface area contributed by atoms with Crippen LogP contribution in [0, 0.1) is 5.92 Å². The Morgan fingerprint density at radius 1 is 0.900 bits per heavy atom. The summed E-state index contributed by atoms with van der Waals surface area (Å²) in [6.07, 6.45) is 1.46. The molecule has 1 heterocycles. The first-order valence-corrected chi connectivity index (χ1v) is 14.1. The third-order valence-corrected chi connectivity index (χ3v) is 8.07. The van der Waals surface area contributed by atoms with Gasteiger partial charge in [-0.2, -0.15) is 13.2 Å². The van der Waals surface area contributed by atoms with Crippen molar-refractivity contribution in [3.63, 3.8) is 0 Å². The number of halogens is 3. The van der Waals surface area contributed by atoms with Gasteiger partial charge in [0.25, 0.3) is 5.91 Å². The first-order valence-electron chi connectivity index (χ1n) is 14.1. The van der Waals surface area contributed by atoms with Crippen LogP contribution in [0.15, 0.2) is 54.6 Å². The molecule has 2 aromatic carbocycles. The number of hydrogen-bond acceptors (Lipinski definition) is 4. The van der Waals surface area contributed by atoms with Gasteiger partial charge in [0.2, 0.25) is 0 Å². The Labute approximate surface area is 232 Å². The highest BCUT2D eigenvalue weighted by atomic mass is 19.4. The van der Waals surface area contributed by atoms with Crippen molar-refractivity contribution in [3.05, 3.63) is 71.3 Å². The molecule has 1 saturated carbocycles. The van der Waals surface area contributed by atoms with E-state index in [1.165, 1.54) is 0 Å². The fourth-order valence-electron chi connectivity index (χ4n) is 5.66. The van der Waals surface area contributed by atoms with Crippen molar-refractivity contribution in [2.24, 2.45) is 5.92 Å². The predicted molar refractivity (Wildman–Crippen MR) is 145 cm³/mol. The van der Waals surface area contributed by atoms with Gasteiger partial charge in [-0.25, -0.2) is 4.79 Å². The summed E-state index contributed by atoms with van der Waals surface area (Å²) in [5, 5.41) is 0. The monoisotopic (exact) mass is 556 g/mol. The summed E-state index contributed by atoms with van der Waals surface area (Å²) in [5.74, 6) is -0.877. The second-order valence-electron chi connectivity index (χ2n) is 10.8. The highest BCUT2D eigenvalue weighted by Gasteiger charge is 2.40. The molecular weight excluding hydrogens is 521 g/mol. The average molecular weight is 557 g/mol. The van der Waals surface area contributed by atoms with E-state index in [0.29, 0.717) is 43.1 Å². The molecule has 40 heavy (non-hydrogen) atoms. The van der Waals surface area contributed by atoms with Crippen molar-refractivity contribution in [2.45, 2.75) is 63.8 Å². The summed E-state index contributed by atoms with van der Waals surface area (Å²) >= 11 is 0. The summed E-state index contributed by atoms with van der Waals surface area (Å²) in [5.41, 5.74) is 2.88. The predicted octanol–water partition coefficient (Wildman–Crippen LogP) is 6.85. The van der Waals surface area contributed by atoms with Gasteiger partial charge in [-0.1, -0.05) is 36.4 Å². The van der Waals surface area contributed by atoms with Gasteiger partial charge >= 0.3 is 12.3 Å². The standard InChI is InChI=1S/C31H35F3N2O4/c32-31(33,34)25-13-10-23(11-14-25)27-20-24(12-15-28(27)40-26-8-4-5-9-26)29(37)35-16-18-36(19-17-35)30(38)39-21-22-6-2-1-3-7-22/h1-3,6-7,10,12,15,20,25-26H,4-5,8-9,11,13-14,16-19,21H2. The van der Waals surface area contributed by atoms with Crippen LogP contribution >= 0.6 is 0 Å². The topological polar surface area (TPSA) is 59.1 Å². The van der Waals surface area contributed by atoms with Gasteiger partial charge in [-0.15, -0.1) is 0 Å². The molecule has 9 heteroatoms. The zero-order chi connectivity index (χ0) is 28.1. The van der Waals surface area contributed by atoms with E-state index in [0.717, 1.165) is 36.8 Å². The smallest absolute Gasteiger partial charge is 0.410 e. The molecule has 6 nitrogen and oxygen atoms in total. The van der Waals surface area contributed by atoms with E-state index in [2.05, 4.69) is 0 Å². The molecule has 0 spiro atoms. The van der Waals surface area contributed by atoms with Crippen LogP contribution in [0.2, 0.25) is 0 Å². The maximum absolute atomic E-state index is 13.4. The molecule has 0 radical (unpaired) electrons. The number of ether oxygens (including phenoxy) is 2. The SMILES string of the molecule is O=C(OCc1ccccc1)N1CCN(C(=O)c2ccc(OC3CCCC3)c(C3=CCC(C(F)(F)F)CC3)c2)CC1. The maximum atomic E-state index is 13.4. The highest BCUT2D eigenvalue weighted by Crippen LogP contribution is 2.42. The Morgan fingerprint density at radius 2 is 1.60 bits per heavy atom. The number of benzene rings is 2. The quantitative estimate of drug-likeness (QED) is 0.391. The van der Waals surface area contributed by atoms with Gasteiger partial charge in [-0.3, -0.25) is 4.79 Å². The van der Waals surface area contributed by atoms with Gasteiger partial charge in [-0.05, 0) is 74.3 Å². The summed E-state index contributed by atoms with van der Waals surface area (Å²) in [6.45, 7) is 1.64. The number of amides is 2. The minimum Gasteiger partial charge on any atom is -0.490 e. The molecule has 1 atom stereocenters. The lowest BCUT2D eigenvalue weighted by atomic mass is 9.85. The molecular formula is C31H35F3N2O4. The van der Waals surface area contributed by atoms with E-state index < -0.39 is 18.2 Å². The molecule has 1 aliphatic heterocycles. The van der Waals surface area contributed by atoms with Crippen molar-refractivity contribution in [2.75, 3.05) is 26.2 Å². The Kier molecular flexibility index (Phi) is 8.66. The van der Waals surface area contributed by atoms with Gasteiger partial charge in [0.15, 0.2) is 0 Å². The Bertz CT molecular complexity index is 1220. The lowest BCUT2D eigenvalue weighted by molar-refractivity contribution is -0.175. The third-order valence-electron chi connectivity index (χ3n) is 8.07. The summed E-state index contributed by atoms with van der Waals surface area (Å²) in [7, 11) is 0. The van der Waals surface area contributed by atoms with Gasteiger partial charge in [0.05, 0.1) is 12.0 Å². The Morgan fingerprint density at radius 3 is 2.25 bits per heavy atom. The van der Waals surface area contributed by atoms with E-state index in [9.17, 15) is 22.8 Å². The number of piperazine rings is 1. The number of allylic oxidation sites excluding steroid dienone is 2. The molecule has 214 valence electrons. The van der Waals surface area contributed by atoms with Crippen LogP contribution in [0.1, 0.15) is 66.4 Å². The van der Waals surface area contributed by atoms with Crippen LogP contribution in [-0.2, 0) is 11.3 Å². The zero-order valence-corrected chi connectivity index (χ0v) is 22.5. The average Bonchev–Trinajstić information content (AvgIpc) is 3.49. The van der Waals surface area contributed by atoms with Crippen molar-refractivity contribution in [1.29, 1.82) is 0 Å². The van der Waals surface area contributed by atoms with Crippen LogP contribution in [-0.4, -0.2) is 60.3 Å². The van der Waals surface area contributed by atoms with E-state index in [4.69, 9.17) is 9.47 Å². The van der Waals surface area contributed by atoms with Gasteiger partial charge in [0, 0.05) is 37.3 Å². The number of hydrogen-bond donors (Lipinski definition) is 0. The second-order valence-corrected chi connectivity index (χ2v) is 10.8. The van der Waals surface area contributed by atoms with Crippen molar-refractivity contribution >= 4 is 17.6 Å². The normalized spacial score (nSPS) is 20.3. The van der Waals surface area contributed by atoms with E-state index in [-0.39, 0.29) is 37.9 Å². The number of alkyl halides is 3. The molecule has 5 rings (SSSR count). The fourth-order valence-corrected chi connectivity index (χ4v) is 5.66. The molecule has 0 bridgehead atoms. The highest BCUT2D eigenvalue weighted by molar-refractivity contribution is 5.96. The maximum Gasteiger partial charge on any atom is 0.410 e. The second kappa shape index (κ2) is 12.4. The Hall–Kier alpha value is -3.49. The van der Waals surface area contributed by atoms with Crippen LogP contribution < -0.4 is 4.74 Å². The third kappa shape index (κ3) is 6.80.